The number of rotatable bonds is 4. The maximum atomic E-state index is 8.88. The predicted molar refractivity (Wildman–Crippen MR) is 65.2 cm³/mol. The van der Waals surface area contributed by atoms with Gasteiger partial charge in [0, 0.05) is 7.05 Å². The van der Waals surface area contributed by atoms with Gasteiger partial charge in [0.2, 0.25) is 0 Å². The van der Waals surface area contributed by atoms with Crippen LogP contribution in [-0.2, 0) is 13.7 Å². The van der Waals surface area contributed by atoms with Crippen LogP contribution in [0.25, 0.3) is 0 Å². The van der Waals surface area contributed by atoms with Crippen molar-refractivity contribution in [2.24, 2.45) is 7.05 Å². The van der Waals surface area contributed by atoms with E-state index in [0.29, 0.717) is 23.7 Å². The maximum Gasteiger partial charge on any atom is 0.157 e. The zero-order chi connectivity index (χ0) is 13.0. The van der Waals surface area contributed by atoms with E-state index < -0.39 is 0 Å². The summed E-state index contributed by atoms with van der Waals surface area (Å²) in [4.78, 5) is 0. The molecule has 0 atom stereocenters. The third kappa shape index (κ3) is 2.61. The van der Waals surface area contributed by atoms with Crippen molar-refractivity contribution in [3.8, 4) is 17.6 Å². The van der Waals surface area contributed by atoms with Crippen LogP contribution >= 0.6 is 0 Å². The van der Waals surface area contributed by atoms with Crippen molar-refractivity contribution in [3.05, 3.63) is 41.7 Å². The van der Waals surface area contributed by atoms with E-state index in [0.717, 1.165) is 5.56 Å². The fourth-order valence-corrected chi connectivity index (χ4v) is 1.56. The summed E-state index contributed by atoms with van der Waals surface area (Å²) in [5, 5.41) is 12.9. The van der Waals surface area contributed by atoms with Gasteiger partial charge < -0.3 is 9.47 Å². The van der Waals surface area contributed by atoms with Crippen molar-refractivity contribution >= 4 is 0 Å². The number of aryl methyl sites for hydroxylation is 1. The number of nitrogens with zero attached hydrogens (tertiary/aromatic N) is 3. The van der Waals surface area contributed by atoms with Crippen molar-refractivity contribution in [2.75, 3.05) is 7.11 Å². The Hall–Kier alpha value is -2.48. The molecule has 0 saturated carbocycles. The van der Waals surface area contributed by atoms with Gasteiger partial charge >= 0.3 is 0 Å². The first-order valence-electron chi connectivity index (χ1n) is 5.41. The molecule has 2 rings (SSSR count). The van der Waals surface area contributed by atoms with E-state index in [4.69, 9.17) is 14.7 Å². The van der Waals surface area contributed by atoms with E-state index in [9.17, 15) is 0 Å². The lowest BCUT2D eigenvalue weighted by molar-refractivity contribution is 0.305. The normalized spacial score (nSPS) is 9.83. The molecule has 0 aliphatic rings. The Bertz CT molecular complexity index is 584. The smallest absolute Gasteiger partial charge is 0.157 e. The molecule has 0 bridgehead atoms. The molecule has 5 nitrogen and oxygen atoms in total. The molecule has 0 fully saturated rings. The molecule has 0 aliphatic heterocycles. The van der Waals surface area contributed by atoms with Gasteiger partial charge in [0.15, 0.2) is 5.75 Å². The van der Waals surface area contributed by atoms with Crippen molar-refractivity contribution in [1.29, 1.82) is 5.26 Å². The van der Waals surface area contributed by atoms with Gasteiger partial charge in [-0.3, -0.25) is 4.68 Å². The summed E-state index contributed by atoms with van der Waals surface area (Å²) in [5.74, 6) is 1.27. The Morgan fingerprint density at radius 1 is 1.44 bits per heavy atom. The van der Waals surface area contributed by atoms with E-state index in [1.165, 1.54) is 0 Å². The second-order valence-corrected chi connectivity index (χ2v) is 3.78. The Morgan fingerprint density at radius 2 is 2.28 bits per heavy atom. The molecule has 0 radical (unpaired) electrons. The average molecular weight is 243 g/mol. The van der Waals surface area contributed by atoms with Crippen LogP contribution in [0.4, 0.5) is 0 Å². The molecule has 0 spiro atoms. The van der Waals surface area contributed by atoms with E-state index >= 15 is 0 Å². The second kappa shape index (κ2) is 5.23. The first kappa shape index (κ1) is 12.0. The second-order valence-electron chi connectivity index (χ2n) is 3.78. The van der Waals surface area contributed by atoms with Gasteiger partial charge in [0.05, 0.1) is 25.1 Å². The molecular weight excluding hydrogens is 230 g/mol. The zero-order valence-electron chi connectivity index (χ0n) is 10.3. The quantitative estimate of drug-likeness (QED) is 0.822. The summed E-state index contributed by atoms with van der Waals surface area (Å²) >= 11 is 0. The third-order valence-corrected chi connectivity index (χ3v) is 2.47. The minimum atomic E-state index is 0.410. The van der Waals surface area contributed by atoms with Crippen LogP contribution < -0.4 is 9.47 Å². The Morgan fingerprint density at radius 3 is 2.89 bits per heavy atom. The fourth-order valence-electron chi connectivity index (χ4n) is 1.56. The fraction of sp³-hybridized carbons (Fsp3) is 0.231. The molecule has 0 aliphatic carbocycles. The molecule has 5 heteroatoms. The van der Waals surface area contributed by atoms with Gasteiger partial charge in [-0.1, -0.05) is 6.07 Å². The van der Waals surface area contributed by atoms with Crippen LogP contribution in [-0.4, -0.2) is 16.9 Å². The molecule has 92 valence electrons. The molecule has 2 aromatic rings. The number of benzene rings is 1. The predicted octanol–water partition coefficient (Wildman–Crippen LogP) is 1.88. The van der Waals surface area contributed by atoms with Gasteiger partial charge in [0.1, 0.15) is 18.4 Å². The third-order valence-electron chi connectivity index (χ3n) is 2.47. The van der Waals surface area contributed by atoms with Gasteiger partial charge in [-0.25, -0.2) is 0 Å². The molecule has 0 saturated heterocycles. The summed E-state index contributed by atoms with van der Waals surface area (Å²) in [5.41, 5.74) is 1.46. The summed E-state index contributed by atoms with van der Waals surface area (Å²) in [6.07, 6.45) is 3.45. The van der Waals surface area contributed by atoms with Crippen LogP contribution in [0.5, 0.6) is 11.5 Å². The van der Waals surface area contributed by atoms with Gasteiger partial charge in [-0.2, -0.15) is 10.4 Å². The Balaban J connectivity index is 2.08. The molecule has 0 amide bonds. The standard InChI is InChI=1S/C13H13N3O2/c1-16-8-12(7-15-16)18-9-10-3-4-11(6-14)13(5-10)17-2/h3-5,7-8H,9H2,1-2H3. The molecule has 1 aromatic heterocycles. The minimum Gasteiger partial charge on any atom is -0.495 e. The van der Waals surface area contributed by atoms with E-state index in [-0.39, 0.29) is 0 Å². The lowest BCUT2D eigenvalue weighted by Crippen LogP contribution is -1.96. The molecule has 18 heavy (non-hydrogen) atoms. The van der Waals surface area contributed by atoms with E-state index in [1.807, 2.05) is 13.1 Å². The van der Waals surface area contributed by atoms with E-state index in [1.54, 1.807) is 36.3 Å². The number of aromatic nitrogens is 2. The van der Waals surface area contributed by atoms with Crippen molar-refractivity contribution in [1.82, 2.24) is 9.78 Å². The number of hydrogen-bond donors (Lipinski definition) is 0. The highest BCUT2D eigenvalue weighted by molar-refractivity contribution is 5.45. The molecule has 0 unspecified atom stereocenters. The number of ether oxygens (including phenoxy) is 2. The van der Waals surface area contributed by atoms with Crippen LogP contribution in [0.1, 0.15) is 11.1 Å². The Kier molecular flexibility index (Phi) is 3.49. The van der Waals surface area contributed by atoms with Crippen LogP contribution in [0.15, 0.2) is 30.6 Å². The van der Waals surface area contributed by atoms with Gasteiger partial charge in [-0.05, 0) is 17.7 Å². The lowest BCUT2D eigenvalue weighted by Gasteiger charge is -2.07. The molecular formula is C13H13N3O2. The van der Waals surface area contributed by atoms with Crippen LogP contribution in [0.2, 0.25) is 0 Å². The largest absolute Gasteiger partial charge is 0.495 e. The van der Waals surface area contributed by atoms with Crippen LogP contribution in [0.3, 0.4) is 0 Å². The van der Waals surface area contributed by atoms with Gasteiger partial charge in [-0.15, -0.1) is 0 Å². The Labute approximate surface area is 105 Å². The van der Waals surface area contributed by atoms with Crippen LogP contribution in [0, 0.1) is 11.3 Å². The number of methoxy groups -OCH3 is 1. The van der Waals surface area contributed by atoms with Crippen molar-refractivity contribution < 1.29 is 9.47 Å². The topological polar surface area (TPSA) is 60.1 Å². The first-order chi connectivity index (χ1) is 8.72. The van der Waals surface area contributed by atoms with Crippen molar-refractivity contribution in [3.63, 3.8) is 0 Å². The SMILES string of the molecule is COc1cc(COc2cnn(C)c2)ccc1C#N. The van der Waals surface area contributed by atoms with Crippen molar-refractivity contribution in [2.45, 2.75) is 6.61 Å². The average Bonchev–Trinajstić information content (AvgIpc) is 2.81. The maximum absolute atomic E-state index is 8.88. The summed E-state index contributed by atoms with van der Waals surface area (Å²) in [6.45, 7) is 0.410. The van der Waals surface area contributed by atoms with E-state index in [2.05, 4.69) is 11.2 Å². The zero-order valence-corrected chi connectivity index (χ0v) is 10.3. The highest BCUT2D eigenvalue weighted by Crippen LogP contribution is 2.20. The summed E-state index contributed by atoms with van der Waals surface area (Å²) in [7, 11) is 3.37. The highest BCUT2D eigenvalue weighted by atomic mass is 16.5. The summed E-state index contributed by atoms with van der Waals surface area (Å²) in [6, 6.07) is 7.44. The minimum absolute atomic E-state index is 0.410. The first-order valence-corrected chi connectivity index (χ1v) is 5.41. The highest BCUT2D eigenvalue weighted by Gasteiger charge is 2.04. The number of nitriles is 1. The number of hydrogen-bond acceptors (Lipinski definition) is 4. The molecule has 1 aromatic carbocycles. The molecule has 0 N–H and O–H groups in total. The lowest BCUT2D eigenvalue weighted by atomic mass is 10.1. The monoisotopic (exact) mass is 243 g/mol. The van der Waals surface area contributed by atoms with Gasteiger partial charge in [0.25, 0.3) is 0 Å². The summed E-state index contributed by atoms with van der Waals surface area (Å²) < 4.78 is 12.4. The molecule has 1 heterocycles.